The van der Waals surface area contributed by atoms with E-state index in [2.05, 4.69) is 36.7 Å². The molecule has 0 spiro atoms. The monoisotopic (exact) mass is 359 g/mol. The molecule has 1 aromatic rings. The van der Waals surface area contributed by atoms with Crippen LogP contribution < -0.4 is 42.1 Å². The molecular formula is C18H31N8. The molecule has 0 atom stereocenters. The fourth-order valence-corrected chi connectivity index (χ4v) is 4.12. The predicted molar refractivity (Wildman–Crippen MR) is 109 cm³/mol. The number of hydrogen-bond acceptors (Lipinski definition) is 8. The van der Waals surface area contributed by atoms with E-state index < -0.39 is 0 Å². The van der Waals surface area contributed by atoms with Crippen LogP contribution >= 0.6 is 0 Å². The van der Waals surface area contributed by atoms with Crippen LogP contribution in [0.5, 0.6) is 0 Å². The highest BCUT2D eigenvalue weighted by Crippen LogP contribution is 2.44. The number of piperazine rings is 3. The van der Waals surface area contributed by atoms with E-state index in [1.54, 1.807) is 0 Å². The maximum absolute atomic E-state index is 6.68. The van der Waals surface area contributed by atoms with E-state index in [-0.39, 0.29) is 0 Å². The van der Waals surface area contributed by atoms with Gasteiger partial charge in [0.2, 0.25) is 0 Å². The fraction of sp³-hybridized carbons (Fsp3) is 0.667. The van der Waals surface area contributed by atoms with Crippen molar-refractivity contribution in [3.63, 3.8) is 0 Å². The van der Waals surface area contributed by atoms with Crippen molar-refractivity contribution in [1.29, 1.82) is 0 Å². The second kappa shape index (κ2) is 7.77. The normalized spacial score (nSPS) is 21.9. The maximum Gasteiger partial charge on any atom is 0.0877 e. The van der Waals surface area contributed by atoms with Gasteiger partial charge in [-0.05, 0) is 0 Å². The minimum absolute atomic E-state index is 0.783. The molecule has 0 amide bonds. The first kappa shape index (κ1) is 17.5. The largest absolute Gasteiger partial charge is 0.395 e. The summed E-state index contributed by atoms with van der Waals surface area (Å²) in [5.74, 6) is 0. The van der Waals surface area contributed by atoms with Gasteiger partial charge in [0.15, 0.2) is 0 Å². The minimum atomic E-state index is 0.783. The summed E-state index contributed by atoms with van der Waals surface area (Å²) in [5, 5.41) is 10.2. The number of hydrogen-bond donors (Lipinski definition) is 5. The molecule has 3 aliphatic rings. The number of nitrogens with one attached hydrogen (secondary N) is 3. The van der Waals surface area contributed by atoms with E-state index in [1.165, 1.54) is 0 Å². The van der Waals surface area contributed by atoms with Crippen LogP contribution in [0.2, 0.25) is 0 Å². The van der Waals surface area contributed by atoms with Crippen LogP contribution in [0.25, 0.3) is 0 Å². The van der Waals surface area contributed by atoms with Crippen LogP contribution in [-0.2, 0) is 0 Å². The smallest absolute Gasteiger partial charge is 0.0877 e. The van der Waals surface area contributed by atoms with Crippen molar-refractivity contribution in [3.05, 3.63) is 6.07 Å². The fourth-order valence-electron chi connectivity index (χ4n) is 4.12. The molecule has 8 heteroatoms. The van der Waals surface area contributed by atoms with Gasteiger partial charge in [0.25, 0.3) is 0 Å². The van der Waals surface area contributed by atoms with Crippen molar-refractivity contribution < 1.29 is 0 Å². The van der Waals surface area contributed by atoms with Crippen molar-refractivity contribution in [1.82, 2.24) is 16.0 Å². The predicted octanol–water partition coefficient (Wildman–Crippen LogP) is -1.12. The SMILES string of the molecule is Nc1c(N2CCNCC2)[c]c(N2CCNCC2)c(N)c1N1CCNCC1. The Morgan fingerprint density at radius 2 is 0.923 bits per heavy atom. The Labute approximate surface area is 155 Å². The molecule has 8 nitrogen and oxygen atoms in total. The Hall–Kier alpha value is -1.90. The summed E-state index contributed by atoms with van der Waals surface area (Å²) in [6.45, 7) is 11.5. The van der Waals surface area contributed by atoms with Gasteiger partial charge in [0.1, 0.15) is 0 Å². The molecule has 7 N–H and O–H groups in total. The molecule has 0 aliphatic carbocycles. The molecule has 1 radical (unpaired) electrons. The highest BCUT2D eigenvalue weighted by Gasteiger charge is 2.27. The molecule has 0 aromatic heterocycles. The number of nitrogens with zero attached hydrogens (tertiary/aromatic N) is 3. The Balaban J connectivity index is 1.76. The Kier molecular flexibility index (Phi) is 5.23. The number of benzene rings is 1. The summed E-state index contributed by atoms with van der Waals surface area (Å²) in [5.41, 5.74) is 18.0. The molecule has 0 saturated carbocycles. The third-order valence-electron chi connectivity index (χ3n) is 5.56. The van der Waals surface area contributed by atoms with Gasteiger partial charge in [-0.25, -0.2) is 0 Å². The summed E-state index contributed by atoms with van der Waals surface area (Å²) in [4.78, 5) is 7.04. The second-order valence-corrected chi connectivity index (χ2v) is 7.21. The first-order valence-electron chi connectivity index (χ1n) is 9.77. The van der Waals surface area contributed by atoms with Crippen molar-refractivity contribution in [2.75, 3.05) is 105 Å². The van der Waals surface area contributed by atoms with E-state index in [9.17, 15) is 0 Å². The molecule has 3 saturated heterocycles. The topological polar surface area (TPSA) is 97.8 Å². The first-order valence-corrected chi connectivity index (χ1v) is 9.77. The molecule has 3 heterocycles. The molecule has 1 aromatic carbocycles. The number of nitrogens with two attached hydrogens (primary N) is 2. The first-order chi connectivity index (χ1) is 12.8. The third-order valence-corrected chi connectivity index (χ3v) is 5.56. The van der Waals surface area contributed by atoms with E-state index in [0.717, 1.165) is 107 Å². The minimum Gasteiger partial charge on any atom is -0.395 e. The quantitative estimate of drug-likeness (QED) is 0.433. The molecule has 4 rings (SSSR count). The van der Waals surface area contributed by atoms with E-state index in [0.29, 0.717) is 0 Å². The lowest BCUT2D eigenvalue weighted by Crippen LogP contribution is -2.46. The summed E-state index contributed by atoms with van der Waals surface area (Å²) in [6.07, 6.45) is 0. The zero-order valence-corrected chi connectivity index (χ0v) is 15.5. The average molecular weight is 360 g/mol. The zero-order chi connectivity index (χ0) is 17.9. The van der Waals surface area contributed by atoms with Crippen LogP contribution in [0.1, 0.15) is 0 Å². The summed E-state index contributed by atoms with van der Waals surface area (Å²) < 4.78 is 0. The van der Waals surface area contributed by atoms with E-state index in [4.69, 9.17) is 11.5 Å². The van der Waals surface area contributed by atoms with Gasteiger partial charge >= 0.3 is 0 Å². The summed E-state index contributed by atoms with van der Waals surface area (Å²) >= 11 is 0. The lowest BCUT2D eigenvalue weighted by atomic mass is 10.1. The lowest BCUT2D eigenvalue weighted by molar-refractivity contribution is 0.582. The van der Waals surface area contributed by atoms with Gasteiger partial charge in [-0.2, -0.15) is 0 Å². The van der Waals surface area contributed by atoms with Gasteiger partial charge in [-0.3, -0.25) is 0 Å². The van der Waals surface area contributed by atoms with Crippen LogP contribution in [0.15, 0.2) is 0 Å². The van der Waals surface area contributed by atoms with Crippen molar-refractivity contribution in [3.8, 4) is 0 Å². The van der Waals surface area contributed by atoms with Gasteiger partial charge < -0.3 is 42.1 Å². The van der Waals surface area contributed by atoms with Crippen LogP contribution in [-0.4, -0.2) is 78.5 Å². The van der Waals surface area contributed by atoms with E-state index >= 15 is 0 Å². The zero-order valence-electron chi connectivity index (χ0n) is 15.5. The molecule has 3 fully saturated rings. The highest BCUT2D eigenvalue weighted by molar-refractivity contribution is 5.97. The number of anilines is 5. The standard InChI is InChI=1S/C18H31N8/c19-16-14(24-7-1-21-2-8-24)13-15(25-9-3-22-4-10-25)17(20)18(16)26-11-5-23-6-12-26/h21-23H,1-12,19-20H2. The molecular weight excluding hydrogens is 328 g/mol. The molecule has 143 valence electrons. The van der Waals surface area contributed by atoms with E-state index in [1.807, 2.05) is 0 Å². The van der Waals surface area contributed by atoms with Crippen LogP contribution in [0, 0.1) is 6.07 Å². The molecule has 3 aliphatic heterocycles. The van der Waals surface area contributed by atoms with Crippen LogP contribution in [0.4, 0.5) is 28.4 Å². The molecule has 26 heavy (non-hydrogen) atoms. The van der Waals surface area contributed by atoms with Gasteiger partial charge in [-0.15, -0.1) is 0 Å². The number of rotatable bonds is 3. The molecule has 0 bridgehead atoms. The average Bonchev–Trinajstić information content (AvgIpc) is 2.70. The Morgan fingerprint density at radius 1 is 0.577 bits per heavy atom. The number of nitrogen functional groups attached to an aromatic ring is 2. The Morgan fingerprint density at radius 3 is 1.31 bits per heavy atom. The summed E-state index contributed by atoms with van der Waals surface area (Å²) in [7, 11) is 0. The van der Waals surface area contributed by atoms with Gasteiger partial charge in [0, 0.05) is 84.6 Å². The van der Waals surface area contributed by atoms with Crippen molar-refractivity contribution in [2.24, 2.45) is 0 Å². The molecule has 0 unspecified atom stereocenters. The lowest BCUT2D eigenvalue weighted by Gasteiger charge is -2.38. The van der Waals surface area contributed by atoms with Crippen molar-refractivity contribution >= 4 is 28.4 Å². The van der Waals surface area contributed by atoms with Crippen molar-refractivity contribution in [2.45, 2.75) is 0 Å². The summed E-state index contributed by atoms with van der Waals surface area (Å²) in [6, 6.07) is 3.60. The Bertz CT molecular complexity index is 574. The van der Waals surface area contributed by atoms with Crippen LogP contribution in [0.3, 0.4) is 0 Å². The van der Waals surface area contributed by atoms with Gasteiger partial charge in [-0.1, -0.05) is 0 Å². The third kappa shape index (κ3) is 3.36. The van der Waals surface area contributed by atoms with Gasteiger partial charge in [0.05, 0.1) is 28.4 Å². The second-order valence-electron chi connectivity index (χ2n) is 7.21. The highest BCUT2D eigenvalue weighted by atomic mass is 15.2. The maximum atomic E-state index is 6.68.